The average molecular weight is 217 g/mol. The summed E-state index contributed by atoms with van der Waals surface area (Å²) in [6, 6.07) is 8.55. The summed E-state index contributed by atoms with van der Waals surface area (Å²) in [5, 5.41) is 2.15. The number of hydrogen-bond donors (Lipinski definition) is 0. The van der Waals surface area contributed by atoms with Crippen LogP contribution in [0.5, 0.6) is 0 Å². The van der Waals surface area contributed by atoms with Crippen molar-refractivity contribution >= 4 is 11.3 Å². The summed E-state index contributed by atoms with van der Waals surface area (Å²) in [6.07, 6.45) is 8.69. The standard InChI is InChI=1S/C13H15NS/c1(2-5-13-6-3-11-15-13)4-12-7-9-14-10-8-12/h3,6-11H,1-2,4-5H2. The van der Waals surface area contributed by atoms with Crippen molar-refractivity contribution in [2.24, 2.45) is 0 Å². The zero-order chi connectivity index (χ0) is 10.3. The Balaban J connectivity index is 1.68. The van der Waals surface area contributed by atoms with Gasteiger partial charge in [0.2, 0.25) is 0 Å². The van der Waals surface area contributed by atoms with Crippen LogP contribution in [0.1, 0.15) is 23.3 Å². The van der Waals surface area contributed by atoms with E-state index in [1.165, 1.54) is 36.1 Å². The fraction of sp³-hybridized carbons (Fsp3) is 0.308. The summed E-state index contributed by atoms with van der Waals surface area (Å²) < 4.78 is 0. The van der Waals surface area contributed by atoms with Gasteiger partial charge in [-0.2, -0.15) is 0 Å². The first kappa shape index (κ1) is 10.4. The van der Waals surface area contributed by atoms with Crippen LogP contribution in [0, 0.1) is 0 Å². The predicted octanol–water partition coefficient (Wildman–Crippen LogP) is 3.71. The molecule has 0 aromatic carbocycles. The van der Waals surface area contributed by atoms with Gasteiger partial charge in [-0.05, 0) is 54.8 Å². The van der Waals surface area contributed by atoms with Gasteiger partial charge in [0.15, 0.2) is 0 Å². The van der Waals surface area contributed by atoms with E-state index >= 15 is 0 Å². The maximum Gasteiger partial charge on any atom is 0.0270 e. The molecule has 0 unspecified atom stereocenters. The lowest BCUT2D eigenvalue weighted by Gasteiger charge is -2.00. The number of rotatable bonds is 5. The molecule has 2 aromatic rings. The molecule has 0 spiro atoms. The van der Waals surface area contributed by atoms with Crippen LogP contribution in [0.15, 0.2) is 42.0 Å². The molecule has 78 valence electrons. The van der Waals surface area contributed by atoms with Crippen LogP contribution in [0.4, 0.5) is 0 Å². The monoisotopic (exact) mass is 217 g/mol. The summed E-state index contributed by atoms with van der Waals surface area (Å²) in [7, 11) is 0. The van der Waals surface area contributed by atoms with E-state index in [0.29, 0.717) is 0 Å². The molecule has 0 saturated carbocycles. The second-order valence-corrected chi connectivity index (χ2v) is 4.67. The molecule has 0 N–H and O–H groups in total. The molecule has 15 heavy (non-hydrogen) atoms. The number of unbranched alkanes of at least 4 members (excludes halogenated alkanes) is 1. The minimum atomic E-state index is 1.17. The molecule has 0 bridgehead atoms. The van der Waals surface area contributed by atoms with Gasteiger partial charge in [-0.25, -0.2) is 0 Å². The largest absolute Gasteiger partial charge is 0.265 e. The summed E-state index contributed by atoms with van der Waals surface area (Å²) in [6.45, 7) is 0. The van der Waals surface area contributed by atoms with Gasteiger partial charge < -0.3 is 0 Å². The summed E-state index contributed by atoms with van der Waals surface area (Å²) >= 11 is 1.86. The zero-order valence-electron chi connectivity index (χ0n) is 8.73. The highest BCUT2D eigenvalue weighted by Crippen LogP contribution is 2.13. The Morgan fingerprint density at radius 3 is 2.53 bits per heavy atom. The lowest BCUT2D eigenvalue weighted by atomic mass is 10.1. The van der Waals surface area contributed by atoms with Crippen molar-refractivity contribution in [2.75, 3.05) is 0 Å². The third-order valence-corrected chi connectivity index (χ3v) is 3.40. The molecule has 2 rings (SSSR count). The van der Waals surface area contributed by atoms with E-state index in [9.17, 15) is 0 Å². The van der Waals surface area contributed by atoms with E-state index in [4.69, 9.17) is 0 Å². The van der Waals surface area contributed by atoms with Crippen LogP contribution >= 0.6 is 11.3 Å². The van der Waals surface area contributed by atoms with Crippen molar-refractivity contribution in [3.8, 4) is 0 Å². The average Bonchev–Trinajstić information content (AvgIpc) is 2.79. The van der Waals surface area contributed by atoms with E-state index in [1.807, 2.05) is 23.7 Å². The number of thiophene rings is 1. The van der Waals surface area contributed by atoms with Crippen LogP contribution in [-0.4, -0.2) is 4.98 Å². The Kier molecular flexibility index (Phi) is 3.92. The molecule has 1 nitrogen and oxygen atoms in total. The first-order valence-corrected chi connectivity index (χ1v) is 6.24. The fourth-order valence-corrected chi connectivity index (χ4v) is 2.38. The van der Waals surface area contributed by atoms with Gasteiger partial charge in [-0.15, -0.1) is 11.3 Å². The molecule has 0 aliphatic rings. The van der Waals surface area contributed by atoms with Gasteiger partial charge in [-0.3, -0.25) is 4.98 Å². The van der Waals surface area contributed by atoms with Crippen molar-refractivity contribution in [1.29, 1.82) is 0 Å². The van der Waals surface area contributed by atoms with Crippen LogP contribution in [-0.2, 0) is 12.8 Å². The second kappa shape index (κ2) is 5.66. The lowest BCUT2D eigenvalue weighted by molar-refractivity contribution is 0.739. The molecule has 0 aliphatic heterocycles. The first-order valence-electron chi connectivity index (χ1n) is 5.36. The van der Waals surface area contributed by atoms with E-state index in [2.05, 4.69) is 34.6 Å². The molecule has 2 heterocycles. The highest BCUT2D eigenvalue weighted by Gasteiger charge is 1.95. The number of pyridine rings is 1. The van der Waals surface area contributed by atoms with Crippen molar-refractivity contribution < 1.29 is 0 Å². The molecule has 0 saturated heterocycles. The van der Waals surface area contributed by atoms with E-state index in [0.717, 1.165) is 0 Å². The van der Waals surface area contributed by atoms with Crippen LogP contribution in [0.2, 0.25) is 0 Å². The zero-order valence-corrected chi connectivity index (χ0v) is 9.54. The van der Waals surface area contributed by atoms with Crippen LogP contribution in [0.25, 0.3) is 0 Å². The summed E-state index contributed by atoms with van der Waals surface area (Å²) in [5.41, 5.74) is 1.40. The van der Waals surface area contributed by atoms with Crippen molar-refractivity contribution in [3.05, 3.63) is 52.5 Å². The molecular formula is C13H15NS. The SMILES string of the molecule is c1csc(CCCCc2ccncc2)c1. The van der Waals surface area contributed by atoms with Gasteiger partial charge in [0.25, 0.3) is 0 Å². The Labute approximate surface area is 94.8 Å². The van der Waals surface area contributed by atoms with E-state index in [-0.39, 0.29) is 0 Å². The Hall–Kier alpha value is -1.15. The quantitative estimate of drug-likeness (QED) is 0.696. The molecule has 0 radical (unpaired) electrons. The van der Waals surface area contributed by atoms with Gasteiger partial charge in [0.1, 0.15) is 0 Å². The lowest BCUT2D eigenvalue weighted by Crippen LogP contribution is -1.87. The minimum absolute atomic E-state index is 1.17. The summed E-state index contributed by atoms with van der Waals surface area (Å²) in [5.74, 6) is 0. The van der Waals surface area contributed by atoms with Gasteiger partial charge in [0, 0.05) is 17.3 Å². The molecule has 0 aliphatic carbocycles. The number of aryl methyl sites for hydroxylation is 2. The Morgan fingerprint density at radius 1 is 1.00 bits per heavy atom. The van der Waals surface area contributed by atoms with Gasteiger partial charge in [-0.1, -0.05) is 6.07 Å². The van der Waals surface area contributed by atoms with Crippen molar-refractivity contribution in [2.45, 2.75) is 25.7 Å². The number of hydrogen-bond acceptors (Lipinski definition) is 2. The van der Waals surface area contributed by atoms with Crippen LogP contribution < -0.4 is 0 Å². The maximum atomic E-state index is 4.02. The summed E-state index contributed by atoms with van der Waals surface area (Å²) in [4.78, 5) is 5.52. The number of nitrogens with zero attached hydrogens (tertiary/aromatic N) is 1. The highest BCUT2D eigenvalue weighted by molar-refractivity contribution is 7.09. The Morgan fingerprint density at radius 2 is 1.80 bits per heavy atom. The van der Waals surface area contributed by atoms with Gasteiger partial charge >= 0.3 is 0 Å². The maximum absolute atomic E-state index is 4.02. The smallest absolute Gasteiger partial charge is 0.0270 e. The Bertz CT molecular complexity index is 367. The molecular weight excluding hydrogens is 202 g/mol. The van der Waals surface area contributed by atoms with E-state index < -0.39 is 0 Å². The predicted molar refractivity (Wildman–Crippen MR) is 65.2 cm³/mol. The minimum Gasteiger partial charge on any atom is -0.265 e. The molecule has 0 amide bonds. The highest BCUT2D eigenvalue weighted by atomic mass is 32.1. The molecule has 2 heteroatoms. The number of aromatic nitrogens is 1. The topological polar surface area (TPSA) is 12.9 Å². The molecule has 2 aromatic heterocycles. The first-order chi connectivity index (χ1) is 7.45. The fourth-order valence-electron chi connectivity index (χ4n) is 1.63. The van der Waals surface area contributed by atoms with E-state index in [1.54, 1.807) is 0 Å². The van der Waals surface area contributed by atoms with Gasteiger partial charge in [0.05, 0.1) is 0 Å². The van der Waals surface area contributed by atoms with Crippen molar-refractivity contribution in [3.63, 3.8) is 0 Å². The third-order valence-electron chi connectivity index (χ3n) is 2.47. The van der Waals surface area contributed by atoms with Crippen molar-refractivity contribution in [1.82, 2.24) is 4.98 Å². The third kappa shape index (κ3) is 3.48. The van der Waals surface area contributed by atoms with Crippen LogP contribution in [0.3, 0.4) is 0 Å². The molecule has 0 fully saturated rings. The second-order valence-electron chi connectivity index (χ2n) is 3.64. The molecule has 0 atom stereocenters. The normalized spacial score (nSPS) is 10.4.